The molecule has 0 saturated heterocycles. The van der Waals surface area contributed by atoms with E-state index in [1.165, 1.54) is 22.9 Å². The monoisotopic (exact) mass is 326 g/mol. The van der Waals surface area contributed by atoms with Crippen LogP contribution in [0.3, 0.4) is 0 Å². The number of fused-ring (bicyclic) bond motifs is 1. The summed E-state index contributed by atoms with van der Waals surface area (Å²) < 4.78 is 41.7. The number of nitrogens with two attached hydrogens (primary N) is 1. The standard InChI is InChI=1S/C11H11FN6O3S/c12-7-1-2-10-8(5-7)9(15-21-10)6-11-14-16-17-18(11)3-4-22(13,19)20/h1-2,5H,3-4,6H2,(H2,13,19,20). The number of primary sulfonamides is 1. The second kappa shape index (κ2) is 5.42. The van der Waals surface area contributed by atoms with E-state index in [1.54, 1.807) is 0 Å². The molecule has 0 unspecified atom stereocenters. The maximum Gasteiger partial charge on any atom is 0.210 e. The molecule has 2 N–H and O–H groups in total. The van der Waals surface area contributed by atoms with Crippen molar-refractivity contribution in [1.82, 2.24) is 25.4 Å². The number of aromatic nitrogens is 5. The van der Waals surface area contributed by atoms with Crippen LogP contribution in [0.1, 0.15) is 11.5 Å². The van der Waals surface area contributed by atoms with E-state index in [0.29, 0.717) is 22.5 Å². The summed E-state index contributed by atoms with van der Waals surface area (Å²) in [6, 6.07) is 4.05. The Morgan fingerprint density at radius 2 is 2.18 bits per heavy atom. The summed E-state index contributed by atoms with van der Waals surface area (Å²) in [5.74, 6) is -0.326. The molecule has 0 saturated carbocycles. The van der Waals surface area contributed by atoms with Crippen LogP contribution in [-0.2, 0) is 23.0 Å². The Balaban J connectivity index is 1.86. The first-order valence-electron chi connectivity index (χ1n) is 6.22. The molecule has 0 aliphatic carbocycles. The molecular weight excluding hydrogens is 315 g/mol. The Labute approximate surface area is 123 Å². The van der Waals surface area contributed by atoms with E-state index in [4.69, 9.17) is 9.66 Å². The Bertz CT molecular complexity index is 919. The highest BCUT2D eigenvalue weighted by Gasteiger charge is 2.15. The fourth-order valence-electron chi connectivity index (χ4n) is 1.98. The maximum absolute atomic E-state index is 13.3. The van der Waals surface area contributed by atoms with Gasteiger partial charge in [-0.15, -0.1) is 5.10 Å². The molecule has 22 heavy (non-hydrogen) atoms. The third-order valence-electron chi connectivity index (χ3n) is 3.03. The first kappa shape index (κ1) is 14.5. The van der Waals surface area contributed by atoms with Crippen LogP contribution in [0.5, 0.6) is 0 Å². The van der Waals surface area contributed by atoms with Crippen LogP contribution in [0.15, 0.2) is 22.7 Å². The predicted molar refractivity (Wildman–Crippen MR) is 72.6 cm³/mol. The lowest BCUT2D eigenvalue weighted by molar-refractivity contribution is 0.446. The van der Waals surface area contributed by atoms with Gasteiger partial charge in [0.05, 0.1) is 24.4 Å². The Morgan fingerprint density at radius 3 is 2.95 bits per heavy atom. The van der Waals surface area contributed by atoms with Gasteiger partial charge in [0, 0.05) is 5.39 Å². The summed E-state index contributed by atoms with van der Waals surface area (Å²) in [5.41, 5.74) is 0.904. The van der Waals surface area contributed by atoms with Crippen LogP contribution in [0.2, 0.25) is 0 Å². The molecule has 0 fully saturated rings. The van der Waals surface area contributed by atoms with Crippen molar-refractivity contribution >= 4 is 21.0 Å². The van der Waals surface area contributed by atoms with Gasteiger partial charge in [-0.05, 0) is 28.6 Å². The molecular formula is C11H11FN6O3S. The van der Waals surface area contributed by atoms with E-state index in [1.807, 2.05) is 0 Å². The van der Waals surface area contributed by atoms with E-state index >= 15 is 0 Å². The minimum Gasteiger partial charge on any atom is -0.356 e. The van der Waals surface area contributed by atoms with Crippen molar-refractivity contribution in [2.45, 2.75) is 13.0 Å². The number of halogens is 1. The Kier molecular flexibility index (Phi) is 3.58. The molecule has 2 heterocycles. The number of rotatable bonds is 5. The van der Waals surface area contributed by atoms with Gasteiger partial charge in [0.25, 0.3) is 0 Å². The summed E-state index contributed by atoms with van der Waals surface area (Å²) in [6.07, 6.45) is 0.175. The number of aryl methyl sites for hydroxylation is 1. The van der Waals surface area contributed by atoms with Gasteiger partial charge in [-0.3, -0.25) is 0 Å². The molecule has 3 rings (SSSR count). The largest absolute Gasteiger partial charge is 0.356 e. The first-order valence-corrected chi connectivity index (χ1v) is 7.93. The molecule has 116 valence electrons. The van der Waals surface area contributed by atoms with E-state index in [-0.39, 0.29) is 18.7 Å². The zero-order valence-electron chi connectivity index (χ0n) is 11.2. The molecule has 2 aromatic heterocycles. The van der Waals surface area contributed by atoms with E-state index in [2.05, 4.69) is 20.7 Å². The first-order chi connectivity index (χ1) is 10.4. The molecule has 3 aromatic rings. The number of nitrogens with zero attached hydrogens (tertiary/aromatic N) is 5. The molecule has 0 aliphatic rings. The normalized spacial score (nSPS) is 12.1. The number of sulfonamides is 1. The fourth-order valence-corrected chi connectivity index (χ4v) is 2.40. The lowest BCUT2D eigenvalue weighted by Crippen LogP contribution is -2.22. The zero-order valence-corrected chi connectivity index (χ0v) is 12.0. The van der Waals surface area contributed by atoms with Gasteiger partial charge < -0.3 is 4.52 Å². The molecule has 0 radical (unpaired) electrons. The van der Waals surface area contributed by atoms with Gasteiger partial charge in [-0.1, -0.05) is 5.16 Å². The summed E-state index contributed by atoms with van der Waals surface area (Å²) in [5, 5.41) is 20.3. The Hall–Kier alpha value is -2.40. The maximum atomic E-state index is 13.3. The third-order valence-corrected chi connectivity index (χ3v) is 3.78. The van der Waals surface area contributed by atoms with Gasteiger partial charge in [-0.2, -0.15) is 0 Å². The quantitative estimate of drug-likeness (QED) is 0.689. The smallest absolute Gasteiger partial charge is 0.210 e. The van der Waals surface area contributed by atoms with Crippen molar-refractivity contribution in [3.63, 3.8) is 0 Å². The van der Waals surface area contributed by atoms with Crippen LogP contribution in [0.25, 0.3) is 11.0 Å². The molecule has 0 bridgehead atoms. The molecule has 0 amide bonds. The second-order valence-electron chi connectivity index (χ2n) is 4.63. The van der Waals surface area contributed by atoms with Gasteiger partial charge in [-0.25, -0.2) is 22.6 Å². The number of hydrogen-bond donors (Lipinski definition) is 1. The summed E-state index contributed by atoms with van der Waals surface area (Å²) in [7, 11) is -3.62. The second-order valence-corrected chi connectivity index (χ2v) is 6.37. The van der Waals surface area contributed by atoms with Crippen molar-refractivity contribution in [2.24, 2.45) is 5.14 Å². The summed E-state index contributed by atoms with van der Waals surface area (Å²) in [6.45, 7) is 0.0192. The van der Waals surface area contributed by atoms with Crippen molar-refractivity contribution < 1.29 is 17.3 Å². The number of tetrazole rings is 1. The summed E-state index contributed by atoms with van der Waals surface area (Å²) >= 11 is 0. The zero-order chi connectivity index (χ0) is 15.7. The Morgan fingerprint density at radius 1 is 1.36 bits per heavy atom. The van der Waals surface area contributed by atoms with E-state index in [0.717, 1.165) is 0 Å². The van der Waals surface area contributed by atoms with Crippen LogP contribution in [0, 0.1) is 5.82 Å². The van der Waals surface area contributed by atoms with Gasteiger partial charge in [0.15, 0.2) is 11.4 Å². The van der Waals surface area contributed by atoms with Crippen molar-refractivity contribution in [2.75, 3.05) is 5.75 Å². The van der Waals surface area contributed by atoms with Crippen LogP contribution in [-0.4, -0.2) is 39.5 Å². The topological polar surface area (TPSA) is 130 Å². The lowest BCUT2D eigenvalue weighted by Gasteiger charge is -2.02. The molecule has 9 nitrogen and oxygen atoms in total. The fraction of sp³-hybridized carbons (Fsp3) is 0.273. The van der Waals surface area contributed by atoms with E-state index < -0.39 is 15.8 Å². The highest BCUT2D eigenvalue weighted by atomic mass is 32.2. The van der Waals surface area contributed by atoms with Crippen molar-refractivity contribution in [3.8, 4) is 0 Å². The highest BCUT2D eigenvalue weighted by Crippen LogP contribution is 2.21. The SMILES string of the molecule is NS(=O)(=O)CCn1nnnc1Cc1noc2ccc(F)cc12. The average Bonchev–Trinajstić information content (AvgIpc) is 3.04. The van der Waals surface area contributed by atoms with Crippen LogP contribution >= 0.6 is 0 Å². The minimum absolute atomic E-state index is 0.0192. The van der Waals surface area contributed by atoms with Crippen molar-refractivity contribution in [3.05, 3.63) is 35.5 Å². The van der Waals surface area contributed by atoms with Crippen molar-refractivity contribution in [1.29, 1.82) is 0 Å². The molecule has 1 aromatic carbocycles. The molecule has 11 heteroatoms. The van der Waals surface area contributed by atoms with Gasteiger partial charge >= 0.3 is 0 Å². The lowest BCUT2D eigenvalue weighted by atomic mass is 10.1. The molecule has 0 spiro atoms. The predicted octanol–water partition coefficient (Wildman–Crippen LogP) is -0.167. The number of benzene rings is 1. The van der Waals surface area contributed by atoms with E-state index in [9.17, 15) is 12.8 Å². The third kappa shape index (κ3) is 3.09. The summed E-state index contributed by atoms with van der Waals surface area (Å²) in [4.78, 5) is 0. The van der Waals surface area contributed by atoms with Gasteiger partial charge in [0.2, 0.25) is 10.0 Å². The average molecular weight is 326 g/mol. The molecule has 0 aliphatic heterocycles. The highest BCUT2D eigenvalue weighted by molar-refractivity contribution is 7.89. The number of hydrogen-bond acceptors (Lipinski definition) is 7. The minimum atomic E-state index is -3.62. The van der Waals surface area contributed by atoms with Crippen LogP contribution in [0.4, 0.5) is 4.39 Å². The van der Waals surface area contributed by atoms with Crippen LogP contribution < -0.4 is 5.14 Å². The molecule has 0 atom stereocenters. The van der Waals surface area contributed by atoms with Gasteiger partial charge in [0.1, 0.15) is 5.82 Å².